The summed E-state index contributed by atoms with van der Waals surface area (Å²) in [6.07, 6.45) is 1.22. The summed E-state index contributed by atoms with van der Waals surface area (Å²) in [6.45, 7) is 0.0826. The van der Waals surface area contributed by atoms with E-state index in [0.29, 0.717) is 6.04 Å². The van der Waals surface area contributed by atoms with E-state index in [0.717, 1.165) is 11.4 Å². The second-order valence-corrected chi connectivity index (χ2v) is 5.41. The van der Waals surface area contributed by atoms with Crippen molar-refractivity contribution in [3.8, 4) is 0 Å². The smallest absolute Gasteiger partial charge is 0.250 e. The number of thioether (sulfide) groups is 1. The first kappa shape index (κ1) is 13.2. The molecule has 1 aromatic carbocycles. The molecule has 4 nitrogen and oxygen atoms in total. The average molecular weight is 266 g/mol. The lowest BCUT2D eigenvalue weighted by Crippen LogP contribution is -2.18. The van der Waals surface area contributed by atoms with Gasteiger partial charge < -0.3 is 15.4 Å². The topological polar surface area (TPSA) is 50.4 Å². The van der Waals surface area contributed by atoms with Crippen molar-refractivity contribution in [2.24, 2.45) is 0 Å². The van der Waals surface area contributed by atoms with E-state index in [4.69, 9.17) is 4.74 Å². The van der Waals surface area contributed by atoms with Crippen LogP contribution in [-0.4, -0.2) is 37.2 Å². The van der Waals surface area contributed by atoms with Gasteiger partial charge in [-0.25, -0.2) is 0 Å². The summed E-state index contributed by atoms with van der Waals surface area (Å²) in [5.41, 5.74) is 1.90. The second-order valence-electron chi connectivity index (χ2n) is 4.26. The lowest BCUT2D eigenvalue weighted by molar-refractivity contribution is -0.119. The summed E-state index contributed by atoms with van der Waals surface area (Å²) in [7, 11) is 1.51. The molecule has 98 valence electrons. The number of methoxy groups -OCH3 is 1. The van der Waals surface area contributed by atoms with Crippen molar-refractivity contribution in [3.05, 3.63) is 24.3 Å². The van der Waals surface area contributed by atoms with Gasteiger partial charge >= 0.3 is 0 Å². The molecule has 0 radical (unpaired) electrons. The third-order valence-corrected chi connectivity index (χ3v) is 3.91. The quantitative estimate of drug-likeness (QED) is 0.857. The molecule has 1 aliphatic rings. The molecule has 0 aliphatic carbocycles. The van der Waals surface area contributed by atoms with E-state index < -0.39 is 0 Å². The predicted molar refractivity (Wildman–Crippen MR) is 76.3 cm³/mol. The molecule has 1 amide bonds. The Labute approximate surface area is 111 Å². The molecule has 1 unspecified atom stereocenters. The van der Waals surface area contributed by atoms with Crippen LogP contribution in [0.2, 0.25) is 0 Å². The number of carbonyl (C=O) groups is 1. The van der Waals surface area contributed by atoms with Gasteiger partial charge in [-0.2, -0.15) is 11.8 Å². The van der Waals surface area contributed by atoms with Gasteiger partial charge in [0.25, 0.3) is 0 Å². The molecule has 5 heteroatoms. The van der Waals surface area contributed by atoms with E-state index in [1.807, 2.05) is 36.0 Å². The highest BCUT2D eigenvalue weighted by atomic mass is 32.2. The molecule has 1 heterocycles. The lowest BCUT2D eigenvalue weighted by Gasteiger charge is -2.13. The number of amides is 1. The second kappa shape index (κ2) is 6.66. The molecule has 1 aliphatic heterocycles. The molecule has 2 N–H and O–H groups in total. The first-order chi connectivity index (χ1) is 8.78. The molecule has 1 aromatic rings. The number of rotatable bonds is 5. The maximum atomic E-state index is 11.3. The van der Waals surface area contributed by atoms with Gasteiger partial charge in [-0.15, -0.1) is 0 Å². The highest BCUT2D eigenvalue weighted by Gasteiger charge is 2.14. The summed E-state index contributed by atoms with van der Waals surface area (Å²) in [6, 6.07) is 8.36. The van der Waals surface area contributed by atoms with Crippen LogP contribution in [0.15, 0.2) is 24.3 Å². The van der Waals surface area contributed by atoms with Crippen molar-refractivity contribution >= 4 is 29.0 Å². The molecule has 1 saturated heterocycles. The zero-order valence-corrected chi connectivity index (χ0v) is 11.3. The number of carbonyl (C=O) groups excluding carboxylic acids is 1. The molecule has 2 rings (SSSR count). The van der Waals surface area contributed by atoms with Crippen LogP contribution in [0.3, 0.4) is 0 Å². The Bertz CT molecular complexity index is 388. The SMILES string of the molecule is COCC(=O)Nc1ccc(NC2CCSC2)cc1. The highest BCUT2D eigenvalue weighted by molar-refractivity contribution is 7.99. The summed E-state index contributed by atoms with van der Waals surface area (Å²) >= 11 is 1.99. The molecule has 0 bridgehead atoms. The van der Waals surface area contributed by atoms with Gasteiger partial charge in [-0.05, 0) is 36.4 Å². The van der Waals surface area contributed by atoms with Crippen LogP contribution < -0.4 is 10.6 Å². The highest BCUT2D eigenvalue weighted by Crippen LogP contribution is 2.22. The van der Waals surface area contributed by atoms with E-state index in [1.165, 1.54) is 25.0 Å². The van der Waals surface area contributed by atoms with Crippen molar-refractivity contribution in [3.63, 3.8) is 0 Å². The van der Waals surface area contributed by atoms with Gasteiger partial charge in [-0.1, -0.05) is 0 Å². The lowest BCUT2D eigenvalue weighted by atomic mass is 10.2. The van der Waals surface area contributed by atoms with Crippen molar-refractivity contribution in [2.75, 3.05) is 35.9 Å². The minimum Gasteiger partial charge on any atom is -0.381 e. The first-order valence-corrected chi connectivity index (χ1v) is 7.16. The number of hydrogen-bond acceptors (Lipinski definition) is 4. The normalized spacial score (nSPS) is 18.6. The van der Waals surface area contributed by atoms with Gasteiger partial charge in [0.2, 0.25) is 5.91 Å². The minimum absolute atomic E-state index is 0.0826. The Morgan fingerprint density at radius 2 is 2.11 bits per heavy atom. The fraction of sp³-hybridized carbons (Fsp3) is 0.462. The van der Waals surface area contributed by atoms with Crippen molar-refractivity contribution in [1.29, 1.82) is 0 Å². The van der Waals surface area contributed by atoms with E-state index in [2.05, 4.69) is 10.6 Å². The van der Waals surface area contributed by atoms with Crippen LogP contribution in [-0.2, 0) is 9.53 Å². The van der Waals surface area contributed by atoms with Crippen LogP contribution in [0.4, 0.5) is 11.4 Å². The van der Waals surface area contributed by atoms with E-state index >= 15 is 0 Å². The fourth-order valence-corrected chi connectivity index (χ4v) is 3.01. The number of benzene rings is 1. The first-order valence-electron chi connectivity index (χ1n) is 6.01. The van der Waals surface area contributed by atoms with Crippen LogP contribution in [0, 0.1) is 0 Å². The molecule has 18 heavy (non-hydrogen) atoms. The third kappa shape index (κ3) is 3.92. The third-order valence-electron chi connectivity index (χ3n) is 2.74. The summed E-state index contributed by atoms with van der Waals surface area (Å²) < 4.78 is 4.76. The van der Waals surface area contributed by atoms with Crippen molar-refractivity contribution in [1.82, 2.24) is 0 Å². The fourth-order valence-electron chi connectivity index (χ4n) is 1.86. The Hall–Kier alpha value is -1.20. The summed E-state index contributed by atoms with van der Waals surface area (Å²) in [4.78, 5) is 11.3. The number of anilines is 2. The average Bonchev–Trinajstić information content (AvgIpc) is 2.85. The minimum atomic E-state index is -0.134. The molecule has 0 spiro atoms. The number of nitrogens with one attached hydrogen (secondary N) is 2. The Kier molecular flexibility index (Phi) is 4.90. The zero-order valence-electron chi connectivity index (χ0n) is 10.4. The van der Waals surface area contributed by atoms with Crippen LogP contribution in [0.1, 0.15) is 6.42 Å². The van der Waals surface area contributed by atoms with Crippen molar-refractivity contribution < 1.29 is 9.53 Å². The summed E-state index contributed by atoms with van der Waals surface area (Å²) in [5, 5.41) is 6.26. The van der Waals surface area contributed by atoms with Gasteiger partial charge in [0, 0.05) is 30.3 Å². The molecular formula is C13H18N2O2S. The molecule has 1 fully saturated rings. The standard InChI is InChI=1S/C13H18N2O2S/c1-17-8-13(16)15-11-4-2-10(3-5-11)14-12-6-7-18-9-12/h2-5,12,14H,6-9H2,1H3,(H,15,16). The monoisotopic (exact) mass is 266 g/mol. The van der Waals surface area contributed by atoms with Crippen molar-refractivity contribution in [2.45, 2.75) is 12.5 Å². The van der Waals surface area contributed by atoms with Gasteiger partial charge in [0.1, 0.15) is 6.61 Å². The molecule has 1 atom stereocenters. The van der Waals surface area contributed by atoms with Gasteiger partial charge in [-0.3, -0.25) is 4.79 Å². The van der Waals surface area contributed by atoms with E-state index in [-0.39, 0.29) is 12.5 Å². The van der Waals surface area contributed by atoms with Gasteiger partial charge in [0.05, 0.1) is 0 Å². The Morgan fingerprint density at radius 1 is 1.39 bits per heavy atom. The Balaban J connectivity index is 1.86. The van der Waals surface area contributed by atoms with Gasteiger partial charge in [0.15, 0.2) is 0 Å². The van der Waals surface area contributed by atoms with E-state index in [1.54, 1.807) is 0 Å². The predicted octanol–water partition coefficient (Wildman–Crippen LogP) is 2.19. The molecule has 0 saturated carbocycles. The molecular weight excluding hydrogens is 248 g/mol. The number of ether oxygens (including phenoxy) is 1. The molecule has 0 aromatic heterocycles. The zero-order chi connectivity index (χ0) is 12.8. The largest absolute Gasteiger partial charge is 0.381 e. The van der Waals surface area contributed by atoms with Crippen LogP contribution in [0.25, 0.3) is 0 Å². The maximum Gasteiger partial charge on any atom is 0.250 e. The van der Waals surface area contributed by atoms with Crippen LogP contribution in [0.5, 0.6) is 0 Å². The summed E-state index contributed by atoms with van der Waals surface area (Å²) in [5.74, 6) is 2.28. The Morgan fingerprint density at radius 3 is 2.72 bits per heavy atom. The van der Waals surface area contributed by atoms with Crippen LogP contribution >= 0.6 is 11.8 Å². The van der Waals surface area contributed by atoms with E-state index in [9.17, 15) is 4.79 Å². The maximum absolute atomic E-state index is 11.3. The number of hydrogen-bond donors (Lipinski definition) is 2.